The third kappa shape index (κ3) is 4.16. The highest BCUT2D eigenvalue weighted by atomic mass is 35.5. The summed E-state index contributed by atoms with van der Waals surface area (Å²) < 4.78 is 0. The zero-order valence-corrected chi connectivity index (χ0v) is 15.2. The summed E-state index contributed by atoms with van der Waals surface area (Å²) in [5.41, 5.74) is 1.57. The zero-order valence-electron chi connectivity index (χ0n) is 13.6. The second-order valence-electron chi connectivity index (χ2n) is 5.39. The molecule has 9 heteroatoms. The number of aliphatic hydroxyl groups excluding tert-OH is 1. The van der Waals surface area contributed by atoms with E-state index in [2.05, 4.69) is 9.97 Å². The molecule has 0 aliphatic carbocycles. The lowest BCUT2D eigenvalue weighted by atomic mass is 10.2. The summed E-state index contributed by atoms with van der Waals surface area (Å²) in [7, 11) is 0. The molecule has 0 amide bonds. The molecule has 7 nitrogen and oxygen atoms in total. The van der Waals surface area contributed by atoms with E-state index < -0.39 is 4.92 Å². The second kappa shape index (κ2) is 8.22. The Bertz CT molecular complexity index is 904. The van der Waals surface area contributed by atoms with Crippen molar-refractivity contribution in [2.45, 2.75) is 6.54 Å². The normalized spacial score (nSPS) is 10.7. The maximum absolute atomic E-state index is 11.3. The van der Waals surface area contributed by atoms with Crippen LogP contribution in [0.1, 0.15) is 5.69 Å². The third-order valence-corrected chi connectivity index (χ3v) is 4.76. The molecule has 3 aromatic rings. The Hall–Kier alpha value is -2.55. The molecule has 2 heterocycles. The predicted octanol–water partition coefficient (Wildman–Crippen LogP) is 3.77. The second-order valence-corrected chi connectivity index (χ2v) is 6.63. The molecule has 0 unspecified atom stereocenters. The summed E-state index contributed by atoms with van der Waals surface area (Å²) in [4.78, 5) is 21.1. The third-order valence-electron chi connectivity index (χ3n) is 3.61. The van der Waals surface area contributed by atoms with Gasteiger partial charge in [0.15, 0.2) is 0 Å². The lowest BCUT2D eigenvalue weighted by Crippen LogP contribution is -2.28. The van der Waals surface area contributed by atoms with E-state index in [0.717, 1.165) is 16.3 Å². The van der Waals surface area contributed by atoms with E-state index >= 15 is 0 Å². The molecule has 134 valence electrons. The molecule has 26 heavy (non-hydrogen) atoms. The van der Waals surface area contributed by atoms with Gasteiger partial charge in [-0.05, 0) is 6.07 Å². The number of pyridine rings is 1. The van der Waals surface area contributed by atoms with Crippen molar-refractivity contribution in [3.63, 3.8) is 0 Å². The number of nitrogens with zero attached hydrogens (tertiary/aromatic N) is 4. The van der Waals surface area contributed by atoms with Crippen LogP contribution in [-0.4, -0.2) is 33.1 Å². The average molecular weight is 391 g/mol. The molecule has 0 fully saturated rings. The molecule has 0 bridgehead atoms. The van der Waals surface area contributed by atoms with E-state index in [1.165, 1.54) is 23.5 Å². The van der Waals surface area contributed by atoms with E-state index in [-0.39, 0.29) is 36.4 Å². The number of benzene rings is 1. The molecule has 0 saturated heterocycles. The fourth-order valence-corrected chi connectivity index (χ4v) is 3.42. The minimum Gasteiger partial charge on any atom is -0.395 e. The first-order valence-corrected chi connectivity index (χ1v) is 9.01. The number of anilines is 1. The summed E-state index contributed by atoms with van der Waals surface area (Å²) in [5.74, 6) is 0.116. The maximum Gasteiger partial charge on any atom is 0.311 e. The van der Waals surface area contributed by atoms with Gasteiger partial charge >= 0.3 is 5.69 Å². The number of rotatable bonds is 7. The Morgan fingerprint density at radius 2 is 1.96 bits per heavy atom. The van der Waals surface area contributed by atoms with Crippen molar-refractivity contribution in [1.29, 1.82) is 0 Å². The summed E-state index contributed by atoms with van der Waals surface area (Å²) in [5, 5.41) is 23.6. The van der Waals surface area contributed by atoms with Gasteiger partial charge < -0.3 is 10.0 Å². The van der Waals surface area contributed by atoms with Gasteiger partial charge in [0.05, 0.1) is 23.8 Å². The van der Waals surface area contributed by atoms with Gasteiger partial charge in [0.1, 0.15) is 10.2 Å². The Balaban J connectivity index is 1.90. The monoisotopic (exact) mass is 390 g/mol. The van der Waals surface area contributed by atoms with Gasteiger partial charge in [-0.3, -0.25) is 10.1 Å². The predicted molar refractivity (Wildman–Crippen MR) is 102 cm³/mol. The Morgan fingerprint density at radius 3 is 2.65 bits per heavy atom. The van der Waals surface area contributed by atoms with Crippen molar-refractivity contribution in [2.24, 2.45) is 0 Å². The topological polar surface area (TPSA) is 92.4 Å². The molecule has 0 aliphatic rings. The van der Waals surface area contributed by atoms with Crippen molar-refractivity contribution < 1.29 is 10.0 Å². The minimum absolute atomic E-state index is 0.116. The van der Waals surface area contributed by atoms with Crippen molar-refractivity contribution >= 4 is 34.4 Å². The highest BCUT2D eigenvalue weighted by Crippen LogP contribution is 2.30. The van der Waals surface area contributed by atoms with Crippen LogP contribution in [-0.2, 0) is 6.54 Å². The van der Waals surface area contributed by atoms with Crippen LogP contribution < -0.4 is 4.90 Å². The first-order chi connectivity index (χ1) is 12.6. The molecule has 3 rings (SSSR count). The van der Waals surface area contributed by atoms with Crippen LogP contribution >= 0.6 is 22.9 Å². The standard InChI is InChI=1S/C17H15ClN4O3S/c18-15-7-6-14(22(24)25)16(20-15)21(8-9-23)10-13-11-26-17(19-13)12-4-2-1-3-5-12/h1-7,11,23H,8-10H2. The number of halogens is 1. The zero-order chi connectivity index (χ0) is 18.5. The highest BCUT2D eigenvalue weighted by molar-refractivity contribution is 7.13. The van der Waals surface area contributed by atoms with Gasteiger partial charge in [-0.15, -0.1) is 11.3 Å². The lowest BCUT2D eigenvalue weighted by Gasteiger charge is -2.21. The minimum atomic E-state index is -0.514. The summed E-state index contributed by atoms with van der Waals surface area (Å²) >= 11 is 7.41. The van der Waals surface area contributed by atoms with Crippen LogP contribution in [0, 0.1) is 10.1 Å². The van der Waals surface area contributed by atoms with Crippen LogP contribution in [0.5, 0.6) is 0 Å². The van der Waals surface area contributed by atoms with Gasteiger partial charge in [0.2, 0.25) is 5.82 Å². The molecule has 0 saturated carbocycles. The molecule has 2 aromatic heterocycles. The summed E-state index contributed by atoms with van der Waals surface area (Å²) in [6, 6.07) is 12.4. The van der Waals surface area contributed by atoms with Gasteiger partial charge in [-0.25, -0.2) is 9.97 Å². The first kappa shape index (κ1) is 18.2. The molecular weight excluding hydrogens is 376 g/mol. The quantitative estimate of drug-likeness (QED) is 0.375. The summed E-state index contributed by atoms with van der Waals surface area (Å²) in [6.45, 7) is 0.269. The molecule has 1 aromatic carbocycles. The van der Waals surface area contributed by atoms with Crippen LogP contribution in [0.2, 0.25) is 5.15 Å². The SMILES string of the molecule is O=[N+]([O-])c1ccc(Cl)nc1N(CCO)Cc1csc(-c2ccccc2)n1. The average Bonchev–Trinajstić information content (AvgIpc) is 3.10. The Labute approximate surface area is 158 Å². The number of nitro groups is 1. The number of aromatic nitrogens is 2. The molecule has 0 radical (unpaired) electrons. The fourth-order valence-electron chi connectivity index (χ4n) is 2.46. The van der Waals surface area contributed by atoms with Crippen LogP contribution in [0.25, 0.3) is 10.6 Å². The van der Waals surface area contributed by atoms with Gasteiger partial charge in [0, 0.05) is 23.6 Å². The largest absolute Gasteiger partial charge is 0.395 e. The van der Waals surface area contributed by atoms with Crippen LogP contribution in [0.4, 0.5) is 11.5 Å². The van der Waals surface area contributed by atoms with Crippen molar-refractivity contribution in [3.05, 3.63) is 68.8 Å². The number of hydrogen-bond donors (Lipinski definition) is 1. The van der Waals surface area contributed by atoms with Gasteiger partial charge in [-0.2, -0.15) is 0 Å². The van der Waals surface area contributed by atoms with Gasteiger partial charge in [-0.1, -0.05) is 41.9 Å². The molecule has 0 spiro atoms. The highest BCUT2D eigenvalue weighted by Gasteiger charge is 2.22. The fraction of sp³-hybridized carbons (Fsp3) is 0.176. The number of thiazole rings is 1. The van der Waals surface area contributed by atoms with Crippen molar-refractivity contribution in [2.75, 3.05) is 18.1 Å². The smallest absolute Gasteiger partial charge is 0.311 e. The molecule has 1 N–H and O–H groups in total. The number of aliphatic hydroxyl groups is 1. The number of hydrogen-bond acceptors (Lipinski definition) is 7. The van der Waals surface area contributed by atoms with E-state index in [0.29, 0.717) is 0 Å². The van der Waals surface area contributed by atoms with E-state index in [9.17, 15) is 15.2 Å². The lowest BCUT2D eigenvalue weighted by molar-refractivity contribution is -0.384. The summed E-state index contributed by atoms with van der Waals surface area (Å²) in [6.07, 6.45) is 0. The van der Waals surface area contributed by atoms with Crippen molar-refractivity contribution in [1.82, 2.24) is 9.97 Å². The molecular formula is C17H15ClN4O3S. The van der Waals surface area contributed by atoms with E-state index in [1.54, 1.807) is 4.90 Å². The first-order valence-electron chi connectivity index (χ1n) is 7.75. The van der Waals surface area contributed by atoms with E-state index in [1.807, 2.05) is 35.7 Å². The van der Waals surface area contributed by atoms with Crippen LogP contribution in [0.3, 0.4) is 0 Å². The Kier molecular flexibility index (Phi) is 5.77. The van der Waals surface area contributed by atoms with Gasteiger partial charge in [0.25, 0.3) is 0 Å². The molecule has 0 aliphatic heterocycles. The van der Waals surface area contributed by atoms with Crippen molar-refractivity contribution in [3.8, 4) is 10.6 Å². The van der Waals surface area contributed by atoms with E-state index in [4.69, 9.17) is 11.6 Å². The Morgan fingerprint density at radius 1 is 1.19 bits per heavy atom. The molecule has 0 atom stereocenters. The van der Waals surface area contributed by atoms with Crippen LogP contribution in [0.15, 0.2) is 47.8 Å². The maximum atomic E-state index is 11.3.